The predicted molar refractivity (Wildman–Crippen MR) is 161 cm³/mol. The first-order valence-electron chi connectivity index (χ1n) is 14.7. The first kappa shape index (κ1) is 30.7. The van der Waals surface area contributed by atoms with Gasteiger partial charge in [-0.15, -0.1) is 0 Å². The summed E-state index contributed by atoms with van der Waals surface area (Å²) >= 11 is 0. The van der Waals surface area contributed by atoms with E-state index in [1.54, 1.807) is 0 Å². The average molecular weight is 576 g/mol. The zero-order valence-corrected chi connectivity index (χ0v) is 24.4. The summed E-state index contributed by atoms with van der Waals surface area (Å²) in [5, 5.41) is 6.93. The van der Waals surface area contributed by atoms with E-state index >= 15 is 0 Å². The normalized spacial score (nSPS) is 18.7. The van der Waals surface area contributed by atoms with E-state index in [4.69, 9.17) is 10.5 Å². The second-order valence-electron chi connectivity index (χ2n) is 10.5. The van der Waals surface area contributed by atoms with Gasteiger partial charge in [0.1, 0.15) is 24.8 Å². The Balaban J connectivity index is 0.000000194. The minimum Gasteiger partial charge on any atom is -0.445 e. The van der Waals surface area contributed by atoms with Crippen LogP contribution >= 0.6 is 0 Å². The molecule has 0 radical (unpaired) electrons. The van der Waals surface area contributed by atoms with Crippen LogP contribution in [0.3, 0.4) is 0 Å². The van der Waals surface area contributed by atoms with Gasteiger partial charge >= 0.3 is 6.09 Å². The van der Waals surface area contributed by atoms with Crippen LogP contribution < -0.4 is 16.4 Å². The van der Waals surface area contributed by atoms with Crippen LogP contribution in [0.4, 0.5) is 10.6 Å². The van der Waals surface area contributed by atoms with Crippen molar-refractivity contribution in [3.63, 3.8) is 0 Å². The molecule has 2 atom stereocenters. The number of hydrogen-bond acceptors (Lipinski definition) is 8. The van der Waals surface area contributed by atoms with Gasteiger partial charge in [0, 0.05) is 38.1 Å². The Morgan fingerprint density at radius 3 is 2.55 bits per heavy atom. The van der Waals surface area contributed by atoms with Crippen molar-refractivity contribution in [2.75, 3.05) is 31.9 Å². The van der Waals surface area contributed by atoms with Gasteiger partial charge in [0.25, 0.3) is 0 Å². The number of hydrogen-bond donors (Lipinski definition) is 3. The van der Waals surface area contributed by atoms with Crippen molar-refractivity contribution in [1.82, 2.24) is 30.4 Å². The summed E-state index contributed by atoms with van der Waals surface area (Å²) in [5.41, 5.74) is 8.66. The number of carbonyl (C=O) groups excluding carboxylic acids is 3. The van der Waals surface area contributed by atoms with Crippen molar-refractivity contribution in [3.8, 4) is 0 Å². The standard InChI is InChI=1S/C16H21N5O.C15H20N2O3/c1-2-3-13-16(22)21(7-6-18-13)9-11-4-5-12-14(8-11)19-10-20-15(12)17;1-2-6-13-14(18)16-9-10-17(13)15(19)20-11-12-7-4-3-5-8-12/h4-5,8,10,13,18H,2-3,6-7,9H2,1H3,(H2,17,19,20);3-5,7-8,13H,2,6,9-11H2,1H3,(H,16,18). The molecule has 3 amide bonds. The van der Waals surface area contributed by atoms with Gasteiger partial charge in [0.15, 0.2) is 0 Å². The van der Waals surface area contributed by atoms with Crippen LogP contribution in [-0.4, -0.2) is 75.9 Å². The molecule has 0 saturated carbocycles. The molecule has 11 heteroatoms. The largest absolute Gasteiger partial charge is 0.445 e. The summed E-state index contributed by atoms with van der Waals surface area (Å²) in [4.78, 5) is 48.1. The third-order valence-corrected chi connectivity index (χ3v) is 7.40. The molecule has 2 aliphatic rings. The average Bonchev–Trinajstić information content (AvgIpc) is 3.00. The molecule has 3 heterocycles. The number of nitrogens with two attached hydrogens (primary N) is 1. The highest BCUT2D eigenvalue weighted by atomic mass is 16.6. The fraction of sp³-hybridized carbons (Fsp3) is 0.452. The van der Waals surface area contributed by atoms with E-state index in [2.05, 4.69) is 27.5 Å². The molecule has 1 aromatic heterocycles. The van der Waals surface area contributed by atoms with Gasteiger partial charge in [0.05, 0.1) is 11.6 Å². The maximum atomic E-state index is 12.5. The number of piperazine rings is 2. The fourth-order valence-electron chi connectivity index (χ4n) is 5.20. The Labute approximate surface area is 246 Å². The summed E-state index contributed by atoms with van der Waals surface area (Å²) in [5.74, 6) is 0.586. The highest BCUT2D eigenvalue weighted by Gasteiger charge is 2.33. The maximum Gasteiger partial charge on any atom is 0.410 e. The Morgan fingerprint density at radius 1 is 1.00 bits per heavy atom. The van der Waals surface area contributed by atoms with E-state index in [1.807, 2.05) is 60.4 Å². The Morgan fingerprint density at radius 2 is 1.79 bits per heavy atom. The summed E-state index contributed by atoms with van der Waals surface area (Å²) in [7, 11) is 0. The van der Waals surface area contributed by atoms with E-state index in [9.17, 15) is 14.4 Å². The number of nitrogens with one attached hydrogen (secondary N) is 2. The summed E-state index contributed by atoms with van der Waals surface area (Å²) in [6.07, 6.45) is 4.45. The highest BCUT2D eigenvalue weighted by Crippen LogP contribution is 2.20. The molecule has 3 aromatic rings. The van der Waals surface area contributed by atoms with Crippen LogP contribution in [0.2, 0.25) is 0 Å². The molecular formula is C31H41N7O4. The molecule has 0 aliphatic carbocycles. The van der Waals surface area contributed by atoms with Gasteiger partial charge in [-0.25, -0.2) is 14.8 Å². The number of benzene rings is 2. The summed E-state index contributed by atoms with van der Waals surface area (Å²) in [6.45, 7) is 7.51. The molecule has 2 unspecified atom stereocenters. The minimum absolute atomic E-state index is 0.0443. The number of nitrogen functional groups attached to an aromatic ring is 1. The number of ether oxygens (including phenoxy) is 1. The Kier molecular flexibility index (Phi) is 11.0. The van der Waals surface area contributed by atoms with E-state index in [0.717, 1.165) is 54.4 Å². The summed E-state index contributed by atoms with van der Waals surface area (Å²) in [6, 6.07) is 15.0. The fourth-order valence-corrected chi connectivity index (χ4v) is 5.20. The monoisotopic (exact) mass is 575 g/mol. The lowest BCUT2D eigenvalue weighted by Gasteiger charge is -2.34. The molecule has 2 aliphatic heterocycles. The second kappa shape index (κ2) is 15.1. The molecular weight excluding hydrogens is 534 g/mol. The van der Waals surface area contributed by atoms with Gasteiger partial charge in [-0.3, -0.25) is 14.5 Å². The second-order valence-corrected chi connectivity index (χ2v) is 10.5. The SMILES string of the molecule is CCCC1C(=O)NCCN1C(=O)OCc1ccccc1.CCCC1NCCN(Cc2ccc3c(N)ncnc3c2)C1=O. The molecule has 2 fully saturated rings. The van der Waals surface area contributed by atoms with Crippen molar-refractivity contribution in [1.29, 1.82) is 0 Å². The maximum absolute atomic E-state index is 12.5. The molecule has 0 spiro atoms. The van der Waals surface area contributed by atoms with Crippen molar-refractivity contribution in [3.05, 3.63) is 66.0 Å². The van der Waals surface area contributed by atoms with Gasteiger partial charge in [-0.05, 0) is 36.1 Å². The van der Waals surface area contributed by atoms with Crippen LogP contribution in [0, 0.1) is 0 Å². The third kappa shape index (κ3) is 7.94. The van der Waals surface area contributed by atoms with Gasteiger partial charge < -0.3 is 26.0 Å². The van der Waals surface area contributed by atoms with Crippen molar-refractivity contribution in [2.24, 2.45) is 0 Å². The van der Waals surface area contributed by atoms with E-state index in [0.29, 0.717) is 31.9 Å². The van der Waals surface area contributed by atoms with Crippen LogP contribution in [-0.2, 0) is 27.5 Å². The number of fused-ring (bicyclic) bond motifs is 1. The Bertz CT molecular complexity index is 1350. The first-order valence-corrected chi connectivity index (χ1v) is 14.7. The molecule has 0 bridgehead atoms. The van der Waals surface area contributed by atoms with Crippen molar-refractivity contribution in [2.45, 2.75) is 64.8 Å². The van der Waals surface area contributed by atoms with E-state index < -0.39 is 12.1 Å². The number of rotatable bonds is 8. The number of carbonyl (C=O) groups is 3. The molecule has 42 heavy (non-hydrogen) atoms. The molecule has 2 aromatic carbocycles. The smallest absolute Gasteiger partial charge is 0.410 e. The predicted octanol–water partition coefficient (Wildman–Crippen LogP) is 3.24. The quantitative estimate of drug-likeness (QED) is 0.372. The molecule has 4 N–H and O–H groups in total. The van der Waals surface area contributed by atoms with E-state index in [-0.39, 0.29) is 24.5 Å². The third-order valence-electron chi connectivity index (χ3n) is 7.40. The number of amides is 3. The minimum atomic E-state index is -0.415. The number of anilines is 1. The van der Waals surface area contributed by atoms with Crippen LogP contribution in [0.15, 0.2) is 54.9 Å². The number of aromatic nitrogens is 2. The lowest BCUT2D eigenvalue weighted by molar-refractivity contribution is -0.136. The first-order chi connectivity index (χ1) is 20.4. The lowest BCUT2D eigenvalue weighted by Crippen LogP contribution is -2.57. The van der Waals surface area contributed by atoms with Crippen LogP contribution in [0.25, 0.3) is 10.9 Å². The molecule has 11 nitrogen and oxygen atoms in total. The van der Waals surface area contributed by atoms with Crippen molar-refractivity contribution >= 4 is 34.6 Å². The van der Waals surface area contributed by atoms with Gasteiger partial charge in [-0.1, -0.05) is 63.1 Å². The van der Waals surface area contributed by atoms with Gasteiger partial charge in [-0.2, -0.15) is 0 Å². The van der Waals surface area contributed by atoms with Crippen LogP contribution in [0.1, 0.15) is 50.7 Å². The lowest BCUT2D eigenvalue weighted by atomic mass is 10.1. The number of nitrogens with zero attached hydrogens (tertiary/aromatic N) is 4. The molecule has 2 saturated heterocycles. The van der Waals surface area contributed by atoms with Crippen molar-refractivity contribution < 1.29 is 19.1 Å². The zero-order chi connectivity index (χ0) is 29.9. The molecule has 5 rings (SSSR count). The van der Waals surface area contributed by atoms with Gasteiger partial charge in [0.2, 0.25) is 11.8 Å². The summed E-state index contributed by atoms with van der Waals surface area (Å²) < 4.78 is 5.30. The van der Waals surface area contributed by atoms with E-state index in [1.165, 1.54) is 11.2 Å². The molecule has 224 valence electrons. The Hall–Kier alpha value is -4.25. The highest BCUT2D eigenvalue weighted by molar-refractivity contribution is 5.88. The van der Waals surface area contributed by atoms with Crippen LogP contribution in [0.5, 0.6) is 0 Å². The topological polar surface area (TPSA) is 143 Å². The zero-order valence-electron chi connectivity index (χ0n) is 24.4.